The molecule has 0 N–H and O–H groups in total. The number of hydrogen-bond donors (Lipinski definition) is 0. The predicted octanol–water partition coefficient (Wildman–Crippen LogP) is 4.37. The number of rotatable bonds is 9. The number of nitro groups is 3. The molecule has 0 saturated carbocycles. The van der Waals surface area contributed by atoms with E-state index in [-0.39, 0.29) is 33.8 Å². The molecule has 1 fully saturated rings. The summed E-state index contributed by atoms with van der Waals surface area (Å²) in [5, 5.41) is 32.9. The number of alkyl halides is 1. The summed E-state index contributed by atoms with van der Waals surface area (Å²) in [6, 6.07) is 13.2. The van der Waals surface area contributed by atoms with Crippen molar-refractivity contribution in [1.29, 1.82) is 0 Å². The molecule has 3 aromatic carbocycles. The summed E-state index contributed by atoms with van der Waals surface area (Å²) in [7, 11) is 0. The van der Waals surface area contributed by atoms with Crippen LogP contribution in [0.15, 0.2) is 72.8 Å². The minimum absolute atomic E-state index is 0.101. The lowest BCUT2D eigenvalue weighted by Gasteiger charge is -2.42. The molecule has 4 rings (SSSR count). The number of ether oxygens (including phenoxy) is 4. The average molecular weight is 630 g/mol. The Balaban J connectivity index is 1.64. The van der Waals surface area contributed by atoms with Gasteiger partial charge in [-0.15, -0.1) is 0 Å². The fraction of sp³-hybridized carbons (Fsp3) is 0.222. The van der Waals surface area contributed by atoms with Crippen LogP contribution in [-0.2, 0) is 18.9 Å². The Kier molecular flexibility index (Phi) is 9.45. The maximum atomic E-state index is 13.1. The van der Waals surface area contributed by atoms with Gasteiger partial charge in [0.2, 0.25) is 0 Å². The molecular formula is C27H20ClN3O13. The molecule has 0 aromatic heterocycles. The van der Waals surface area contributed by atoms with Crippen LogP contribution >= 0.6 is 11.6 Å². The largest absolute Gasteiger partial charge is 0.452 e. The zero-order valence-corrected chi connectivity index (χ0v) is 23.1. The van der Waals surface area contributed by atoms with E-state index < -0.39 is 62.7 Å². The van der Waals surface area contributed by atoms with Gasteiger partial charge in [0, 0.05) is 36.4 Å². The predicted molar refractivity (Wildman–Crippen MR) is 147 cm³/mol. The van der Waals surface area contributed by atoms with Gasteiger partial charge in [-0.1, -0.05) is 11.6 Å². The summed E-state index contributed by atoms with van der Waals surface area (Å²) in [6.45, 7) is 1.43. The number of non-ortho nitro benzene ring substituents is 3. The van der Waals surface area contributed by atoms with E-state index in [4.69, 9.17) is 30.5 Å². The molecule has 0 radical (unpaired) electrons. The number of nitro benzene ring substituents is 3. The van der Waals surface area contributed by atoms with E-state index in [2.05, 4.69) is 0 Å². The Bertz CT molecular complexity index is 1510. The van der Waals surface area contributed by atoms with E-state index in [1.54, 1.807) is 0 Å². The van der Waals surface area contributed by atoms with Gasteiger partial charge in [0.1, 0.15) is 0 Å². The van der Waals surface area contributed by atoms with Crippen LogP contribution in [0.1, 0.15) is 38.0 Å². The molecule has 0 bridgehead atoms. The molecule has 0 spiro atoms. The van der Waals surface area contributed by atoms with Crippen LogP contribution in [0.4, 0.5) is 17.1 Å². The number of carbonyl (C=O) groups excluding carboxylic acids is 3. The van der Waals surface area contributed by atoms with Gasteiger partial charge < -0.3 is 18.9 Å². The van der Waals surface area contributed by atoms with E-state index in [9.17, 15) is 44.7 Å². The zero-order chi connectivity index (χ0) is 32.1. The van der Waals surface area contributed by atoms with Gasteiger partial charge in [0.25, 0.3) is 17.1 Å². The molecule has 0 amide bonds. The molecule has 0 unspecified atom stereocenters. The van der Waals surface area contributed by atoms with Gasteiger partial charge >= 0.3 is 17.9 Å². The molecule has 1 heterocycles. The van der Waals surface area contributed by atoms with Gasteiger partial charge in [-0.2, -0.15) is 0 Å². The third-order valence-electron chi connectivity index (χ3n) is 6.38. The van der Waals surface area contributed by atoms with Gasteiger partial charge in [0.05, 0.1) is 37.6 Å². The van der Waals surface area contributed by atoms with Gasteiger partial charge in [-0.05, 0) is 43.3 Å². The van der Waals surface area contributed by atoms with Crippen molar-refractivity contribution >= 4 is 46.6 Å². The molecule has 17 heteroatoms. The summed E-state index contributed by atoms with van der Waals surface area (Å²) in [4.78, 5) is 70.1. The fourth-order valence-corrected chi connectivity index (χ4v) is 4.47. The highest BCUT2D eigenvalue weighted by Gasteiger charge is 2.50. The van der Waals surface area contributed by atoms with Crippen molar-refractivity contribution in [2.45, 2.75) is 36.9 Å². The van der Waals surface area contributed by atoms with E-state index in [0.717, 1.165) is 72.8 Å². The molecule has 1 aliphatic rings. The number of esters is 3. The van der Waals surface area contributed by atoms with Crippen LogP contribution < -0.4 is 0 Å². The number of hydrogen-bond acceptors (Lipinski definition) is 13. The van der Waals surface area contributed by atoms with Crippen molar-refractivity contribution in [2.24, 2.45) is 0 Å². The molecule has 44 heavy (non-hydrogen) atoms. The van der Waals surface area contributed by atoms with Crippen LogP contribution in [0.3, 0.4) is 0 Å². The first-order chi connectivity index (χ1) is 20.8. The molecule has 1 aliphatic heterocycles. The third-order valence-corrected chi connectivity index (χ3v) is 6.74. The molecule has 0 aliphatic carbocycles. The first-order valence-corrected chi connectivity index (χ1v) is 12.9. The second-order valence-electron chi connectivity index (χ2n) is 9.21. The van der Waals surface area contributed by atoms with Gasteiger partial charge in [0.15, 0.2) is 23.9 Å². The summed E-state index contributed by atoms with van der Waals surface area (Å²) in [5.74, 6) is -3.08. The normalized spacial score (nSPS) is 21.0. The standard InChI is InChI=1S/C27H20ClN3O13/c1-14-21(42-25(32)15-2-8-18(9-3-15)29(35)36)22(43-26(33)16-4-10-19(11-5-16)30(37)38)23(24(28)41-14)44-27(34)17-6-12-20(13-7-17)31(39)40/h2-14,21-24H,1H3/t14-,21+,22+,23-,24+/m0/s1. The number of nitrogens with zero attached hydrogens (tertiary/aromatic N) is 3. The van der Waals surface area contributed by atoms with E-state index >= 15 is 0 Å². The second-order valence-corrected chi connectivity index (χ2v) is 9.64. The Morgan fingerprint density at radius 1 is 0.591 bits per heavy atom. The first kappa shape index (κ1) is 31.5. The van der Waals surface area contributed by atoms with E-state index in [1.807, 2.05) is 0 Å². The highest BCUT2D eigenvalue weighted by atomic mass is 35.5. The third kappa shape index (κ3) is 7.11. The van der Waals surface area contributed by atoms with Gasteiger partial charge in [-0.25, -0.2) is 14.4 Å². The Hall–Kier alpha value is -5.48. The Morgan fingerprint density at radius 3 is 1.20 bits per heavy atom. The first-order valence-electron chi connectivity index (χ1n) is 12.5. The highest BCUT2D eigenvalue weighted by molar-refractivity contribution is 6.20. The van der Waals surface area contributed by atoms with Crippen molar-refractivity contribution in [3.8, 4) is 0 Å². The lowest BCUT2D eigenvalue weighted by Crippen LogP contribution is -2.59. The SMILES string of the molecule is C[C@@H]1O[C@@H](Cl)[C@@H](OC(=O)c2ccc([N+](=O)[O-])cc2)[C@H](OC(=O)c2ccc([N+](=O)[O-])cc2)[C@@H]1OC(=O)c1ccc([N+](=O)[O-])cc1. The van der Waals surface area contributed by atoms with Crippen molar-refractivity contribution in [3.63, 3.8) is 0 Å². The second kappa shape index (κ2) is 13.2. The minimum Gasteiger partial charge on any atom is -0.452 e. The van der Waals surface area contributed by atoms with Crippen LogP contribution in [0, 0.1) is 30.3 Å². The lowest BCUT2D eigenvalue weighted by atomic mass is 9.99. The van der Waals surface area contributed by atoms with Crippen LogP contribution in [0.2, 0.25) is 0 Å². The van der Waals surface area contributed by atoms with Gasteiger partial charge in [-0.3, -0.25) is 30.3 Å². The Labute approximate surface area is 251 Å². The van der Waals surface area contributed by atoms with Crippen molar-refractivity contribution in [3.05, 3.63) is 120 Å². The summed E-state index contributed by atoms with van der Waals surface area (Å²) >= 11 is 6.36. The summed E-state index contributed by atoms with van der Waals surface area (Å²) in [6.07, 6.45) is -5.71. The topological polar surface area (TPSA) is 218 Å². The fourth-order valence-electron chi connectivity index (χ4n) is 4.11. The molecule has 3 aromatic rings. The molecule has 16 nitrogen and oxygen atoms in total. The van der Waals surface area contributed by atoms with E-state index in [0.29, 0.717) is 0 Å². The number of benzene rings is 3. The van der Waals surface area contributed by atoms with Crippen molar-refractivity contribution in [1.82, 2.24) is 0 Å². The van der Waals surface area contributed by atoms with E-state index in [1.165, 1.54) is 6.92 Å². The van der Waals surface area contributed by atoms with Crippen LogP contribution in [0.25, 0.3) is 0 Å². The molecule has 228 valence electrons. The average Bonchev–Trinajstić information content (AvgIpc) is 3.00. The van der Waals surface area contributed by atoms with Crippen molar-refractivity contribution in [2.75, 3.05) is 0 Å². The highest BCUT2D eigenvalue weighted by Crippen LogP contribution is 2.32. The van der Waals surface area contributed by atoms with Crippen LogP contribution in [-0.4, -0.2) is 62.7 Å². The lowest BCUT2D eigenvalue weighted by molar-refractivity contribution is -0.385. The molecule has 1 saturated heterocycles. The minimum atomic E-state index is -1.60. The van der Waals surface area contributed by atoms with Crippen LogP contribution in [0.5, 0.6) is 0 Å². The number of carbonyl (C=O) groups is 3. The Morgan fingerprint density at radius 2 is 0.886 bits per heavy atom. The number of halogens is 1. The zero-order valence-electron chi connectivity index (χ0n) is 22.3. The quantitative estimate of drug-likeness (QED) is 0.106. The summed E-state index contributed by atoms with van der Waals surface area (Å²) in [5.41, 5.74) is -2.69. The monoisotopic (exact) mass is 629 g/mol. The van der Waals surface area contributed by atoms with Crippen molar-refractivity contribution < 1.29 is 48.1 Å². The summed E-state index contributed by atoms with van der Waals surface area (Å²) < 4.78 is 22.3. The maximum absolute atomic E-state index is 13.1. The maximum Gasteiger partial charge on any atom is 0.338 e. The smallest absolute Gasteiger partial charge is 0.338 e. The molecule has 5 atom stereocenters. The molecular weight excluding hydrogens is 610 g/mol.